The highest BCUT2D eigenvalue weighted by Gasteiger charge is 2.27. The molecule has 3 N–H and O–H groups in total. The van der Waals surface area contributed by atoms with Crippen LogP contribution in [-0.2, 0) is 14.3 Å². The van der Waals surface area contributed by atoms with Crippen LogP contribution in [0.1, 0.15) is 20.8 Å². The Morgan fingerprint density at radius 2 is 1.71 bits per heavy atom. The molecule has 7 nitrogen and oxygen atoms in total. The standard InChI is InChI=1S/C17H25N3O4/c1-11(2)15(20-17(23)24-4)16(22)19-14(12(3)21)10-18-13-8-6-5-7-9-13/h5-9,11,14-15,18H,10H2,1-4H3,(H,19,22)(H,20,23)/t14-,15-/m0/s1. The summed E-state index contributed by atoms with van der Waals surface area (Å²) in [5.74, 6) is -0.753. The zero-order valence-corrected chi connectivity index (χ0v) is 14.5. The van der Waals surface area contributed by atoms with Crippen molar-refractivity contribution in [1.29, 1.82) is 0 Å². The average Bonchev–Trinajstić information content (AvgIpc) is 2.56. The molecule has 0 saturated carbocycles. The van der Waals surface area contributed by atoms with Crippen LogP contribution in [0.3, 0.4) is 0 Å². The van der Waals surface area contributed by atoms with Crippen LogP contribution in [0.5, 0.6) is 0 Å². The van der Waals surface area contributed by atoms with E-state index in [-0.39, 0.29) is 18.2 Å². The Hall–Kier alpha value is -2.57. The van der Waals surface area contributed by atoms with Crippen molar-refractivity contribution in [1.82, 2.24) is 10.6 Å². The SMILES string of the molecule is COC(=O)N[C@H](C(=O)N[C@@H](CNc1ccccc1)C(C)=O)C(C)C. The molecule has 0 aliphatic rings. The molecule has 0 aromatic heterocycles. The first-order valence-corrected chi connectivity index (χ1v) is 7.79. The number of ether oxygens (including phenoxy) is 1. The van der Waals surface area contributed by atoms with Crippen molar-refractivity contribution in [3.63, 3.8) is 0 Å². The zero-order chi connectivity index (χ0) is 18.1. The molecule has 1 aromatic rings. The molecule has 0 aliphatic heterocycles. The lowest BCUT2D eigenvalue weighted by Gasteiger charge is -2.24. The number of carbonyl (C=O) groups is 3. The van der Waals surface area contributed by atoms with Crippen molar-refractivity contribution in [2.24, 2.45) is 5.92 Å². The van der Waals surface area contributed by atoms with E-state index in [1.165, 1.54) is 14.0 Å². The van der Waals surface area contributed by atoms with Crippen LogP contribution < -0.4 is 16.0 Å². The number of hydrogen-bond acceptors (Lipinski definition) is 5. The van der Waals surface area contributed by atoms with Gasteiger partial charge in [-0.25, -0.2) is 4.79 Å². The van der Waals surface area contributed by atoms with Crippen LogP contribution in [0.4, 0.5) is 10.5 Å². The van der Waals surface area contributed by atoms with Crippen molar-refractivity contribution in [2.75, 3.05) is 19.0 Å². The monoisotopic (exact) mass is 335 g/mol. The van der Waals surface area contributed by atoms with Gasteiger partial charge in [0.2, 0.25) is 5.91 Å². The minimum Gasteiger partial charge on any atom is -0.453 e. The largest absolute Gasteiger partial charge is 0.453 e. The first-order valence-electron chi connectivity index (χ1n) is 7.79. The van der Waals surface area contributed by atoms with Gasteiger partial charge >= 0.3 is 6.09 Å². The number of nitrogens with one attached hydrogen (secondary N) is 3. The van der Waals surface area contributed by atoms with E-state index in [2.05, 4.69) is 20.7 Å². The summed E-state index contributed by atoms with van der Waals surface area (Å²) in [6.45, 7) is 5.26. The minimum absolute atomic E-state index is 0.154. The van der Waals surface area contributed by atoms with Gasteiger partial charge in [0.05, 0.1) is 7.11 Å². The van der Waals surface area contributed by atoms with Gasteiger partial charge < -0.3 is 20.7 Å². The van der Waals surface area contributed by atoms with Gasteiger partial charge in [-0.15, -0.1) is 0 Å². The lowest BCUT2D eigenvalue weighted by atomic mass is 10.0. The number of ketones is 1. The van der Waals surface area contributed by atoms with Crippen molar-refractivity contribution < 1.29 is 19.1 Å². The summed E-state index contributed by atoms with van der Waals surface area (Å²) in [4.78, 5) is 35.6. The van der Waals surface area contributed by atoms with Crippen LogP contribution in [0.2, 0.25) is 0 Å². The Balaban J connectivity index is 2.69. The van der Waals surface area contributed by atoms with Gasteiger partial charge in [0.15, 0.2) is 5.78 Å². The number of rotatable bonds is 8. The Morgan fingerprint density at radius 3 is 2.21 bits per heavy atom. The van der Waals surface area contributed by atoms with E-state index in [9.17, 15) is 14.4 Å². The van der Waals surface area contributed by atoms with Gasteiger partial charge in [-0.1, -0.05) is 32.0 Å². The molecule has 24 heavy (non-hydrogen) atoms. The van der Waals surface area contributed by atoms with Crippen LogP contribution in [0.15, 0.2) is 30.3 Å². The molecule has 7 heteroatoms. The van der Waals surface area contributed by atoms with E-state index in [1.54, 1.807) is 13.8 Å². The second-order valence-electron chi connectivity index (χ2n) is 5.78. The number of amides is 2. The molecule has 0 radical (unpaired) electrons. The van der Waals surface area contributed by atoms with Gasteiger partial charge in [0, 0.05) is 12.2 Å². The van der Waals surface area contributed by atoms with Crippen LogP contribution >= 0.6 is 0 Å². The van der Waals surface area contributed by atoms with Crippen LogP contribution in [0.25, 0.3) is 0 Å². The Kier molecular flexibility index (Phi) is 7.74. The fraction of sp³-hybridized carbons (Fsp3) is 0.471. The number of para-hydroxylation sites is 1. The third-order valence-electron chi connectivity index (χ3n) is 3.50. The third kappa shape index (κ3) is 6.28. The topological polar surface area (TPSA) is 96.5 Å². The zero-order valence-electron chi connectivity index (χ0n) is 14.5. The van der Waals surface area contributed by atoms with Crippen molar-refractivity contribution in [2.45, 2.75) is 32.9 Å². The van der Waals surface area contributed by atoms with E-state index in [4.69, 9.17) is 0 Å². The van der Waals surface area contributed by atoms with Crippen LogP contribution in [-0.4, -0.2) is 43.5 Å². The first-order chi connectivity index (χ1) is 11.3. The Labute approximate surface area is 142 Å². The molecule has 0 heterocycles. The average molecular weight is 335 g/mol. The Morgan fingerprint density at radius 1 is 1.08 bits per heavy atom. The number of anilines is 1. The summed E-state index contributed by atoms with van der Waals surface area (Å²) in [5.41, 5.74) is 0.853. The molecule has 2 atom stereocenters. The molecule has 0 aliphatic carbocycles. The predicted molar refractivity (Wildman–Crippen MR) is 91.7 cm³/mol. The molecule has 0 saturated heterocycles. The normalized spacial score (nSPS) is 12.9. The van der Waals surface area contributed by atoms with Gasteiger partial charge in [0.1, 0.15) is 12.1 Å². The highest BCUT2D eigenvalue weighted by Crippen LogP contribution is 2.06. The van der Waals surface area contributed by atoms with Crippen LogP contribution in [0, 0.1) is 5.92 Å². The molecule has 1 aromatic carbocycles. The number of carbonyl (C=O) groups excluding carboxylic acids is 3. The molecular formula is C17H25N3O4. The summed E-state index contributed by atoms with van der Waals surface area (Å²) >= 11 is 0. The Bertz CT molecular complexity index is 560. The maximum absolute atomic E-state index is 12.4. The first kappa shape index (κ1) is 19.5. The van der Waals surface area contributed by atoms with Crippen molar-refractivity contribution in [3.8, 4) is 0 Å². The van der Waals surface area contributed by atoms with Gasteiger partial charge in [-0.3, -0.25) is 9.59 Å². The quantitative estimate of drug-likeness (QED) is 0.670. The van der Waals surface area contributed by atoms with Crippen molar-refractivity contribution >= 4 is 23.5 Å². The summed E-state index contributed by atoms with van der Waals surface area (Å²) in [7, 11) is 1.23. The lowest BCUT2D eigenvalue weighted by Crippen LogP contribution is -2.54. The van der Waals surface area contributed by atoms with E-state index >= 15 is 0 Å². The molecule has 1 rings (SSSR count). The summed E-state index contributed by atoms with van der Waals surface area (Å²) < 4.78 is 4.53. The molecule has 132 valence electrons. The van der Waals surface area contributed by atoms with Crippen molar-refractivity contribution in [3.05, 3.63) is 30.3 Å². The summed E-state index contributed by atoms with van der Waals surface area (Å²) in [6.07, 6.45) is -0.689. The van der Waals surface area contributed by atoms with Gasteiger partial charge in [-0.2, -0.15) is 0 Å². The highest BCUT2D eigenvalue weighted by atomic mass is 16.5. The molecule has 0 unspecified atom stereocenters. The van der Waals surface area contributed by atoms with Gasteiger partial charge in [-0.05, 0) is 25.0 Å². The van der Waals surface area contributed by atoms with E-state index in [0.29, 0.717) is 0 Å². The molecule has 0 fully saturated rings. The lowest BCUT2D eigenvalue weighted by molar-refractivity contribution is -0.128. The van der Waals surface area contributed by atoms with E-state index < -0.39 is 24.1 Å². The second-order valence-corrected chi connectivity index (χ2v) is 5.78. The number of hydrogen-bond donors (Lipinski definition) is 3. The molecule has 0 spiro atoms. The second kappa shape index (κ2) is 9.54. The minimum atomic E-state index is -0.781. The molecular weight excluding hydrogens is 310 g/mol. The smallest absolute Gasteiger partial charge is 0.407 e. The number of alkyl carbamates (subject to hydrolysis) is 1. The number of Topliss-reactive ketones (excluding diaryl/α,β-unsaturated/α-hetero) is 1. The molecule has 2 amide bonds. The molecule has 0 bridgehead atoms. The maximum Gasteiger partial charge on any atom is 0.407 e. The van der Waals surface area contributed by atoms with E-state index in [1.807, 2.05) is 30.3 Å². The number of methoxy groups -OCH3 is 1. The summed E-state index contributed by atoms with van der Waals surface area (Å²) in [5, 5.41) is 8.26. The highest BCUT2D eigenvalue weighted by molar-refractivity contribution is 5.91. The third-order valence-corrected chi connectivity index (χ3v) is 3.50. The summed E-state index contributed by atoms with van der Waals surface area (Å²) in [6, 6.07) is 7.90. The fourth-order valence-corrected chi connectivity index (χ4v) is 2.05. The number of benzene rings is 1. The predicted octanol–water partition coefficient (Wildman–Crippen LogP) is 1.55. The maximum atomic E-state index is 12.4. The van der Waals surface area contributed by atoms with E-state index in [0.717, 1.165) is 5.69 Å². The fourth-order valence-electron chi connectivity index (χ4n) is 2.05. The van der Waals surface area contributed by atoms with Gasteiger partial charge in [0.25, 0.3) is 0 Å².